The molecule has 0 aromatic heterocycles. The maximum absolute atomic E-state index is 11.6. The molecule has 0 spiro atoms. The summed E-state index contributed by atoms with van der Waals surface area (Å²) in [5.74, 6) is -0.305. The van der Waals surface area contributed by atoms with Gasteiger partial charge in [-0.2, -0.15) is 0 Å². The van der Waals surface area contributed by atoms with Crippen molar-refractivity contribution in [1.29, 1.82) is 0 Å². The van der Waals surface area contributed by atoms with Crippen LogP contribution in [-0.2, 0) is 20.9 Å². The molecule has 1 fully saturated rings. The van der Waals surface area contributed by atoms with Crippen LogP contribution in [0.15, 0.2) is 28.7 Å². The molecule has 92 valence electrons. The second-order valence-electron chi connectivity index (χ2n) is 3.80. The van der Waals surface area contributed by atoms with Gasteiger partial charge in [0.15, 0.2) is 6.10 Å². The van der Waals surface area contributed by atoms with E-state index in [0.717, 1.165) is 16.6 Å². The average molecular weight is 300 g/mol. The molecule has 1 heterocycles. The second-order valence-corrected chi connectivity index (χ2v) is 4.71. The van der Waals surface area contributed by atoms with Gasteiger partial charge >= 0.3 is 5.97 Å². The van der Waals surface area contributed by atoms with Crippen LogP contribution in [0.25, 0.3) is 0 Å². The lowest BCUT2D eigenvalue weighted by molar-refractivity contribution is -0.160. The fourth-order valence-electron chi connectivity index (χ4n) is 1.54. The predicted molar refractivity (Wildman–Crippen MR) is 66.5 cm³/mol. The number of carbonyl (C=O) groups excluding carboxylic acids is 1. The highest BCUT2D eigenvalue weighted by molar-refractivity contribution is 9.10. The van der Waals surface area contributed by atoms with Crippen LogP contribution in [0.1, 0.15) is 5.56 Å². The molecule has 4 nitrogen and oxygen atoms in total. The normalized spacial score (nSPS) is 19.9. The zero-order valence-corrected chi connectivity index (χ0v) is 10.9. The first-order valence-corrected chi connectivity index (χ1v) is 6.28. The minimum absolute atomic E-state index is 0.284. The molecule has 1 unspecified atom stereocenters. The van der Waals surface area contributed by atoms with Gasteiger partial charge < -0.3 is 14.8 Å². The highest BCUT2D eigenvalue weighted by Gasteiger charge is 2.22. The number of carbonyl (C=O) groups is 1. The van der Waals surface area contributed by atoms with Crippen LogP contribution >= 0.6 is 15.9 Å². The average Bonchev–Trinajstić information content (AvgIpc) is 2.39. The molecular weight excluding hydrogens is 286 g/mol. The van der Waals surface area contributed by atoms with Crippen molar-refractivity contribution in [3.05, 3.63) is 34.3 Å². The lowest BCUT2D eigenvalue weighted by Crippen LogP contribution is -2.43. The standard InChI is InChI=1S/C12H14BrNO3/c13-10-3-1-9(2-4-10)8-17-12(15)11-7-14-5-6-16-11/h1-4,11,14H,5-8H2. The zero-order valence-electron chi connectivity index (χ0n) is 9.32. The Labute approximate surface area is 108 Å². The summed E-state index contributed by atoms with van der Waals surface area (Å²) in [4.78, 5) is 11.6. The van der Waals surface area contributed by atoms with E-state index in [4.69, 9.17) is 9.47 Å². The van der Waals surface area contributed by atoms with E-state index in [2.05, 4.69) is 21.2 Å². The van der Waals surface area contributed by atoms with E-state index in [1.54, 1.807) is 0 Å². The van der Waals surface area contributed by atoms with Gasteiger partial charge in [-0.15, -0.1) is 0 Å². The van der Waals surface area contributed by atoms with Crippen molar-refractivity contribution in [3.63, 3.8) is 0 Å². The summed E-state index contributed by atoms with van der Waals surface area (Å²) in [6.45, 7) is 2.15. The molecular formula is C12H14BrNO3. The first-order valence-electron chi connectivity index (χ1n) is 5.49. The Morgan fingerprint density at radius 3 is 2.88 bits per heavy atom. The highest BCUT2D eigenvalue weighted by Crippen LogP contribution is 2.11. The molecule has 5 heteroatoms. The molecule has 1 atom stereocenters. The Balaban J connectivity index is 1.81. The van der Waals surface area contributed by atoms with E-state index in [0.29, 0.717) is 13.2 Å². The Morgan fingerprint density at radius 2 is 2.24 bits per heavy atom. The molecule has 0 bridgehead atoms. The second kappa shape index (κ2) is 6.14. The minimum atomic E-state index is -0.473. The smallest absolute Gasteiger partial charge is 0.336 e. The molecule has 1 aromatic rings. The van der Waals surface area contributed by atoms with E-state index in [1.807, 2.05) is 24.3 Å². The van der Waals surface area contributed by atoms with Gasteiger partial charge in [0.25, 0.3) is 0 Å². The van der Waals surface area contributed by atoms with Crippen molar-refractivity contribution < 1.29 is 14.3 Å². The maximum Gasteiger partial charge on any atom is 0.336 e. The Kier molecular flexibility index (Phi) is 4.53. The Hall–Kier alpha value is -0.910. The lowest BCUT2D eigenvalue weighted by atomic mass is 10.2. The summed E-state index contributed by atoms with van der Waals surface area (Å²) in [5, 5.41) is 3.09. The zero-order chi connectivity index (χ0) is 12.1. The minimum Gasteiger partial charge on any atom is -0.459 e. The molecule has 0 radical (unpaired) electrons. The van der Waals surface area contributed by atoms with Crippen LogP contribution in [0.5, 0.6) is 0 Å². The van der Waals surface area contributed by atoms with Gasteiger partial charge in [-0.25, -0.2) is 4.79 Å². The van der Waals surface area contributed by atoms with Crippen molar-refractivity contribution >= 4 is 21.9 Å². The van der Waals surface area contributed by atoms with Crippen LogP contribution in [0, 0.1) is 0 Å². The van der Waals surface area contributed by atoms with Crippen molar-refractivity contribution in [2.75, 3.05) is 19.7 Å². The van der Waals surface area contributed by atoms with Crippen LogP contribution < -0.4 is 5.32 Å². The predicted octanol–water partition coefficient (Wildman–Crippen LogP) is 1.48. The third-order valence-electron chi connectivity index (χ3n) is 2.48. The van der Waals surface area contributed by atoms with E-state index in [9.17, 15) is 4.79 Å². The van der Waals surface area contributed by atoms with Gasteiger partial charge in [0.1, 0.15) is 6.61 Å². The molecule has 2 rings (SSSR count). The monoisotopic (exact) mass is 299 g/mol. The third kappa shape index (κ3) is 3.80. The molecule has 1 aromatic carbocycles. The highest BCUT2D eigenvalue weighted by atomic mass is 79.9. The number of ether oxygens (including phenoxy) is 2. The van der Waals surface area contributed by atoms with Crippen molar-refractivity contribution in [2.45, 2.75) is 12.7 Å². The molecule has 1 aliphatic rings. The first kappa shape index (κ1) is 12.5. The number of esters is 1. The van der Waals surface area contributed by atoms with E-state index >= 15 is 0 Å². The summed E-state index contributed by atoms with van der Waals surface area (Å²) < 4.78 is 11.5. The van der Waals surface area contributed by atoms with Crippen LogP contribution in [0.3, 0.4) is 0 Å². The van der Waals surface area contributed by atoms with E-state index in [-0.39, 0.29) is 12.6 Å². The number of hydrogen-bond acceptors (Lipinski definition) is 4. The molecule has 1 saturated heterocycles. The summed E-state index contributed by atoms with van der Waals surface area (Å²) in [6.07, 6.45) is -0.473. The summed E-state index contributed by atoms with van der Waals surface area (Å²) in [7, 11) is 0. The van der Waals surface area contributed by atoms with Crippen LogP contribution in [0.2, 0.25) is 0 Å². The van der Waals surface area contributed by atoms with E-state index < -0.39 is 6.10 Å². The SMILES string of the molecule is O=C(OCc1ccc(Br)cc1)C1CNCCO1. The number of hydrogen-bond donors (Lipinski definition) is 1. The van der Waals surface area contributed by atoms with Gasteiger partial charge in [-0.05, 0) is 17.7 Å². The summed E-state index contributed by atoms with van der Waals surface area (Å²) >= 11 is 3.35. The fraction of sp³-hybridized carbons (Fsp3) is 0.417. The van der Waals surface area contributed by atoms with Crippen molar-refractivity contribution in [2.24, 2.45) is 0 Å². The number of rotatable bonds is 3. The molecule has 1 N–H and O–H groups in total. The number of nitrogens with one attached hydrogen (secondary N) is 1. The maximum atomic E-state index is 11.6. The van der Waals surface area contributed by atoms with Gasteiger partial charge in [0, 0.05) is 17.6 Å². The molecule has 17 heavy (non-hydrogen) atoms. The van der Waals surface area contributed by atoms with Crippen molar-refractivity contribution in [1.82, 2.24) is 5.32 Å². The van der Waals surface area contributed by atoms with Crippen LogP contribution in [-0.4, -0.2) is 31.8 Å². The Bertz CT molecular complexity index is 374. The molecule has 0 amide bonds. The number of morpholine rings is 1. The third-order valence-corrected chi connectivity index (χ3v) is 3.01. The van der Waals surface area contributed by atoms with E-state index in [1.165, 1.54) is 0 Å². The number of halogens is 1. The molecule has 0 aliphatic carbocycles. The summed E-state index contributed by atoms with van der Waals surface area (Å²) in [6, 6.07) is 7.67. The molecule has 0 saturated carbocycles. The Morgan fingerprint density at radius 1 is 1.47 bits per heavy atom. The van der Waals surface area contributed by atoms with Gasteiger partial charge in [0.05, 0.1) is 6.61 Å². The van der Waals surface area contributed by atoms with Gasteiger partial charge in [-0.1, -0.05) is 28.1 Å². The largest absolute Gasteiger partial charge is 0.459 e. The number of benzene rings is 1. The molecule has 1 aliphatic heterocycles. The van der Waals surface area contributed by atoms with Crippen molar-refractivity contribution in [3.8, 4) is 0 Å². The first-order chi connectivity index (χ1) is 8.25. The topological polar surface area (TPSA) is 47.6 Å². The van der Waals surface area contributed by atoms with Crippen LogP contribution in [0.4, 0.5) is 0 Å². The van der Waals surface area contributed by atoms with Gasteiger partial charge in [0.2, 0.25) is 0 Å². The quantitative estimate of drug-likeness (QED) is 0.859. The van der Waals surface area contributed by atoms with Gasteiger partial charge in [-0.3, -0.25) is 0 Å². The fourth-order valence-corrected chi connectivity index (χ4v) is 1.81. The summed E-state index contributed by atoms with van der Waals surface area (Å²) in [5.41, 5.74) is 0.963. The lowest BCUT2D eigenvalue weighted by Gasteiger charge is -2.21.